The number of halogens is 2. The van der Waals surface area contributed by atoms with E-state index in [1.165, 1.54) is 18.2 Å². The largest absolute Gasteiger partial charge is 0.428 e. The number of benzene rings is 1. The molecule has 0 bridgehead atoms. The molecule has 0 aromatic heterocycles. The molecule has 0 saturated heterocycles. The van der Waals surface area contributed by atoms with E-state index in [0.717, 1.165) is 0 Å². The van der Waals surface area contributed by atoms with Crippen LogP contribution in [0.2, 0.25) is 10.0 Å². The van der Waals surface area contributed by atoms with Crippen LogP contribution in [0.3, 0.4) is 0 Å². The zero-order valence-corrected chi connectivity index (χ0v) is 14.0. The number of primary amides is 1. The topological polar surface area (TPSA) is 87.8 Å². The van der Waals surface area contributed by atoms with Gasteiger partial charge in [0.2, 0.25) is 5.85 Å². The lowest BCUT2D eigenvalue weighted by atomic mass is 10.2. The summed E-state index contributed by atoms with van der Waals surface area (Å²) >= 11 is 11.9. The number of hydrogen-bond acceptors (Lipinski definition) is 5. The molecule has 2 N–H and O–H groups in total. The van der Waals surface area contributed by atoms with Crippen molar-refractivity contribution in [2.75, 3.05) is 13.2 Å². The number of carbonyl (C=O) groups excluding carboxylic acids is 1. The van der Waals surface area contributed by atoms with Gasteiger partial charge in [-0.15, -0.1) is 0 Å². The molecule has 0 aliphatic carbocycles. The van der Waals surface area contributed by atoms with Gasteiger partial charge in [-0.3, -0.25) is 4.57 Å². The average molecular weight is 356 g/mol. The molecule has 0 fully saturated rings. The van der Waals surface area contributed by atoms with E-state index in [0.29, 0.717) is 5.02 Å². The SMILES string of the molecule is CCOP(=O)(OCC)[C@H](OC(N)=O)c1ccc(Cl)cc1Cl. The Morgan fingerprint density at radius 2 is 1.86 bits per heavy atom. The predicted molar refractivity (Wildman–Crippen MR) is 80.7 cm³/mol. The number of amides is 1. The van der Waals surface area contributed by atoms with Crippen molar-refractivity contribution >= 4 is 36.9 Å². The molecule has 0 saturated carbocycles. The van der Waals surface area contributed by atoms with E-state index < -0.39 is 19.5 Å². The summed E-state index contributed by atoms with van der Waals surface area (Å²) in [4.78, 5) is 11.1. The average Bonchev–Trinajstić information content (AvgIpc) is 2.37. The zero-order valence-electron chi connectivity index (χ0n) is 11.5. The summed E-state index contributed by atoms with van der Waals surface area (Å²) in [6.07, 6.45) is -1.12. The molecule has 0 aliphatic heterocycles. The van der Waals surface area contributed by atoms with Gasteiger partial charge < -0.3 is 19.5 Å². The fourth-order valence-electron chi connectivity index (χ4n) is 1.64. The van der Waals surface area contributed by atoms with E-state index in [-0.39, 0.29) is 23.8 Å². The molecule has 1 aromatic rings. The van der Waals surface area contributed by atoms with Crippen LogP contribution in [0.5, 0.6) is 0 Å². The van der Waals surface area contributed by atoms with Crippen LogP contribution in [0.4, 0.5) is 4.79 Å². The van der Waals surface area contributed by atoms with Crippen molar-refractivity contribution in [1.82, 2.24) is 0 Å². The third-order valence-electron chi connectivity index (χ3n) is 2.36. The molecule has 118 valence electrons. The Bertz CT molecular complexity index is 544. The van der Waals surface area contributed by atoms with Crippen LogP contribution < -0.4 is 5.73 Å². The van der Waals surface area contributed by atoms with Crippen LogP contribution in [-0.4, -0.2) is 19.3 Å². The second-order valence-electron chi connectivity index (χ2n) is 3.83. The first-order valence-electron chi connectivity index (χ1n) is 6.13. The van der Waals surface area contributed by atoms with Gasteiger partial charge in [-0.05, 0) is 26.0 Å². The Kier molecular flexibility index (Phi) is 6.97. The minimum absolute atomic E-state index is 0.0983. The van der Waals surface area contributed by atoms with Crippen LogP contribution in [0, 0.1) is 0 Å². The number of rotatable bonds is 7. The molecule has 21 heavy (non-hydrogen) atoms. The van der Waals surface area contributed by atoms with Gasteiger partial charge in [-0.2, -0.15) is 0 Å². The minimum Gasteiger partial charge on any atom is -0.428 e. The number of nitrogens with two attached hydrogens (primary N) is 1. The predicted octanol–water partition coefficient (Wildman–Crippen LogP) is 4.35. The summed E-state index contributed by atoms with van der Waals surface area (Å²) in [7, 11) is -3.80. The molecule has 1 rings (SSSR count). The number of carbonyl (C=O) groups is 1. The van der Waals surface area contributed by atoms with Crippen molar-refractivity contribution in [2.45, 2.75) is 19.7 Å². The molecule has 0 radical (unpaired) electrons. The Labute approximate surface area is 133 Å². The van der Waals surface area contributed by atoms with E-state index >= 15 is 0 Å². The van der Waals surface area contributed by atoms with Gasteiger partial charge in [-0.25, -0.2) is 4.79 Å². The smallest absolute Gasteiger partial charge is 0.405 e. The lowest BCUT2D eigenvalue weighted by molar-refractivity contribution is 0.109. The molecule has 0 heterocycles. The molecule has 6 nitrogen and oxygen atoms in total. The maximum atomic E-state index is 12.8. The maximum Gasteiger partial charge on any atom is 0.405 e. The van der Waals surface area contributed by atoms with Crippen molar-refractivity contribution in [3.8, 4) is 0 Å². The minimum atomic E-state index is -3.80. The second-order valence-corrected chi connectivity index (χ2v) is 6.74. The third-order valence-corrected chi connectivity index (χ3v) is 5.12. The van der Waals surface area contributed by atoms with Crippen molar-refractivity contribution in [2.24, 2.45) is 5.73 Å². The van der Waals surface area contributed by atoms with Crippen LogP contribution in [0.1, 0.15) is 25.3 Å². The van der Waals surface area contributed by atoms with Gasteiger partial charge in [0, 0.05) is 15.6 Å². The van der Waals surface area contributed by atoms with Gasteiger partial charge in [-0.1, -0.05) is 29.3 Å². The highest BCUT2D eigenvalue weighted by Gasteiger charge is 2.41. The molecule has 1 atom stereocenters. The highest BCUT2D eigenvalue weighted by molar-refractivity contribution is 7.54. The van der Waals surface area contributed by atoms with E-state index in [4.69, 9.17) is 42.7 Å². The Balaban J connectivity index is 3.32. The summed E-state index contributed by atoms with van der Waals surface area (Å²) in [5.41, 5.74) is 5.28. The van der Waals surface area contributed by atoms with Crippen molar-refractivity contribution < 1.29 is 23.1 Å². The third kappa shape index (κ3) is 4.87. The summed E-state index contributed by atoms with van der Waals surface area (Å²) < 4.78 is 28.1. The monoisotopic (exact) mass is 355 g/mol. The molecule has 9 heteroatoms. The van der Waals surface area contributed by atoms with Crippen molar-refractivity contribution in [1.29, 1.82) is 0 Å². The summed E-state index contributed by atoms with van der Waals surface area (Å²) in [5, 5.41) is 0.539. The number of hydrogen-bond donors (Lipinski definition) is 1. The molecular weight excluding hydrogens is 340 g/mol. The fourth-order valence-corrected chi connectivity index (χ4v) is 4.09. The zero-order chi connectivity index (χ0) is 16.0. The summed E-state index contributed by atoms with van der Waals surface area (Å²) in [6, 6.07) is 4.42. The normalized spacial score (nSPS) is 13.0. The van der Waals surface area contributed by atoms with Gasteiger partial charge in [0.25, 0.3) is 0 Å². The number of ether oxygens (including phenoxy) is 1. The van der Waals surface area contributed by atoms with E-state index in [2.05, 4.69) is 0 Å². The molecular formula is C12H16Cl2NO5P. The Morgan fingerprint density at radius 1 is 1.29 bits per heavy atom. The first-order valence-corrected chi connectivity index (χ1v) is 8.50. The quantitative estimate of drug-likeness (QED) is 0.734. The Hall–Kier alpha value is -0.780. The van der Waals surface area contributed by atoms with Crippen molar-refractivity contribution in [3.05, 3.63) is 33.8 Å². The van der Waals surface area contributed by atoms with Crippen molar-refractivity contribution in [3.63, 3.8) is 0 Å². The maximum absolute atomic E-state index is 12.8. The van der Waals surface area contributed by atoms with Crippen LogP contribution in [0.25, 0.3) is 0 Å². The van der Waals surface area contributed by atoms with Gasteiger partial charge in [0.1, 0.15) is 0 Å². The van der Waals surface area contributed by atoms with Gasteiger partial charge in [0.05, 0.1) is 13.2 Å². The van der Waals surface area contributed by atoms with E-state index in [1.54, 1.807) is 13.8 Å². The van der Waals surface area contributed by atoms with Gasteiger partial charge in [0.15, 0.2) is 0 Å². The van der Waals surface area contributed by atoms with Gasteiger partial charge >= 0.3 is 13.7 Å². The fraction of sp³-hybridized carbons (Fsp3) is 0.417. The lowest BCUT2D eigenvalue weighted by Crippen LogP contribution is -2.19. The second kappa shape index (κ2) is 8.01. The van der Waals surface area contributed by atoms with Crippen LogP contribution >= 0.6 is 30.8 Å². The molecule has 0 aliphatic rings. The van der Waals surface area contributed by atoms with E-state index in [9.17, 15) is 9.36 Å². The Morgan fingerprint density at radius 3 is 2.29 bits per heavy atom. The lowest BCUT2D eigenvalue weighted by Gasteiger charge is -2.26. The standard InChI is InChI=1S/C12H16Cl2NO5P/c1-3-18-21(17,19-4-2)11(20-12(15)16)9-6-5-8(13)7-10(9)14/h5-7,11H,3-4H2,1-2H3,(H2,15,16)/t11-/m0/s1. The summed E-state index contributed by atoms with van der Waals surface area (Å²) in [5.74, 6) is -1.36. The highest BCUT2D eigenvalue weighted by atomic mass is 35.5. The van der Waals surface area contributed by atoms with E-state index in [1.807, 2.05) is 0 Å². The van der Waals surface area contributed by atoms with Crippen LogP contribution in [-0.2, 0) is 18.3 Å². The first kappa shape index (κ1) is 18.3. The molecule has 1 amide bonds. The molecule has 0 spiro atoms. The highest BCUT2D eigenvalue weighted by Crippen LogP contribution is 2.62. The molecule has 0 unspecified atom stereocenters. The molecule has 1 aromatic carbocycles. The summed E-state index contributed by atoms with van der Waals surface area (Å²) in [6.45, 7) is 3.47. The first-order chi connectivity index (χ1) is 9.84. The van der Waals surface area contributed by atoms with Crippen LogP contribution in [0.15, 0.2) is 18.2 Å².